The van der Waals surface area contributed by atoms with E-state index < -0.39 is 0 Å². The average molecular weight is 516 g/mol. The van der Waals surface area contributed by atoms with E-state index in [4.69, 9.17) is 16.6 Å². The summed E-state index contributed by atoms with van der Waals surface area (Å²) in [5.41, 5.74) is 4.38. The van der Waals surface area contributed by atoms with Gasteiger partial charge in [0.2, 0.25) is 5.91 Å². The Kier molecular flexibility index (Phi) is 7.28. The maximum Gasteiger partial charge on any atom is 0.240 e. The van der Waals surface area contributed by atoms with Crippen LogP contribution in [0.4, 0.5) is 11.4 Å². The molecule has 1 aromatic heterocycles. The summed E-state index contributed by atoms with van der Waals surface area (Å²) in [4.78, 5) is 27.0. The number of halogens is 1. The lowest BCUT2D eigenvalue weighted by atomic mass is 10.0. The first-order valence-electron chi connectivity index (χ1n) is 12.3. The summed E-state index contributed by atoms with van der Waals surface area (Å²) in [6.07, 6.45) is 0. The molecule has 0 radical (unpaired) electrons. The molecule has 0 bridgehead atoms. The first-order valence-corrected chi connectivity index (χ1v) is 12.7. The smallest absolute Gasteiger partial charge is 0.240 e. The van der Waals surface area contributed by atoms with Crippen LogP contribution in [0.3, 0.4) is 0 Å². The van der Waals surface area contributed by atoms with Gasteiger partial charge in [0.1, 0.15) is 0 Å². The zero-order valence-electron chi connectivity index (χ0n) is 21.0. The number of H-pyrrole nitrogens is 1. The largest absolute Gasteiger partial charge is 0.494 e. The summed E-state index contributed by atoms with van der Waals surface area (Å²) in [6, 6.07) is 22.8. The molecule has 1 amide bonds. The van der Waals surface area contributed by atoms with Crippen LogP contribution in [-0.2, 0) is 4.79 Å². The Morgan fingerprint density at radius 2 is 1.73 bits per heavy atom. The van der Waals surface area contributed by atoms with Crippen molar-refractivity contribution in [3.63, 3.8) is 0 Å². The zero-order chi connectivity index (χ0) is 25.9. The van der Waals surface area contributed by atoms with Gasteiger partial charge in [-0.1, -0.05) is 48.0 Å². The van der Waals surface area contributed by atoms with E-state index in [1.165, 1.54) is 0 Å². The van der Waals surface area contributed by atoms with E-state index in [9.17, 15) is 9.90 Å². The van der Waals surface area contributed by atoms with E-state index in [0.29, 0.717) is 28.5 Å². The fraction of sp³-hybridized carbons (Fsp3) is 0.241. The minimum Gasteiger partial charge on any atom is -0.494 e. The molecule has 0 spiro atoms. The highest BCUT2D eigenvalue weighted by atomic mass is 35.5. The molecule has 5 rings (SSSR count). The molecule has 7 nitrogen and oxygen atoms in total. The normalized spacial score (nSPS) is 15.3. The monoisotopic (exact) mass is 515 g/mol. The van der Waals surface area contributed by atoms with Crippen LogP contribution in [0.5, 0.6) is 5.88 Å². The number of aromatic hydroxyl groups is 1. The summed E-state index contributed by atoms with van der Waals surface area (Å²) < 4.78 is 0. The number of likely N-dealkylation sites (N-methyl/N-ethyl adjacent to an activating group) is 2. The van der Waals surface area contributed by atoms with E-state index in [-0.39, 0.29) is 11.8 Å². The highest BCUT2D eigenvalue weighted by molar-refractivity contribution is 6.31. The molecular formula is C29H30ClN5O2. The Hall–Kier alpha value is -3.65. The first kappa shape index (κ1) is 25.0. The Morgan fingerprint density at radius 1 is 1.03 bits per heavy atom. The predicted molar refractivity (Wildman–Crippen MR) is 151 cm³/mol. The lowest BCUT2D eigenvalue weighted by molar-refractivity contribution is -0.119. The number of benzene rings is 3. The molecule has 1 aliphatic rings. The molecule has 3 aromatic carbocycles. The van der Waals surface area contributed by atoms with Crippen LogP contribution in [0, 0.1) is 0 Å². The fourth-order valence-electron chi connectivity index (χ4n) is 4.58. The van der Waals surface area contributed by atoms with Crippen LogP contribution in [-0.4, -0.2) is 78.3 Å². The number of aromatic amines is 1. The van der Waals surface area contributed by atoms with E-state index in [0.717, 1.165) is 48.3 Å². The second kappa shape index (κ2) is 10.8. The van der Waals surface area contributed by atoms with E-state index in [2.05, 4.69) is 21.8 Å². The zero-order valence-corrected chi connectivity index (χ0v) is 21.7. The maximum atomic E-state index is 12.9. The first-order chi connectivity index (χ1) is 17.9. The highest BCUT2D eigenvalue weighted by Crippen LogP contribution is 2.33. The topological polar surface area (TPSA) is 75.2 Å². The van der Waals surface area contributed by atoms with Gasteiger partial charge in [0, 0.05) is 54.9 Å². The number of aliphatic imine (C=N–C) groups is 1. The van der Waals surface area contributed by atoms with Crippen LogP contribution in [0.1, 0.15) is 11.1 Å². The Balaban J connectivity index is 1.43. The van der Waals surface area contributed by atoms with Crippen LogP contribution >= 0.6 is 11.6 Å². The molecule has 1 saturated heterocycles. The van der Waals surface area contributed by atoms with E-state index in [1.54, 1.807) is 24.1 Å². The maximum absolute atomic E-state index is 12.9. The summed E-state index contributed by atoms with van der Waals surface area (Å²) in [5.74, 6) is 0.0962. The quantitative estimate of drug-likeness (QED) is 0.358. The van der Waals surface area contributed by atoms with Gasteiger partial charge in [-0.25, -0.2) is 4.99 Å². The molecule has 1 fully saturated rings. The van der Waals surface area contributed by atoms with Gasteiger partial charge in [-0.2, -0.15) is 0 Å². The number of hydrogen-bond donors (Lipinski definition) is 2. The molecule has 0 atom stereocenters. The average Bonchev–Trinajstić information content (AvgIpc) is 3.23. The third-order valence-corrected chi connectivity index (χ3v) is 7.07. The number of rotatable bonds is 6. The number of anilines is 1. The lowest BCUT2D eigenvalue weighted by Gasteiger charge is -2.32. The van der Waals surface area contributed by atoms with Crippen molar-refractivity contribution in [3.8, 4) is 5.88 Å². The molecule has 2 N–H and O–H groups in total. The van der Waals surface area contributed by atoms with Crippen molar-refractivity contribution in [1.29, 1.82) is 0 Å². The molecule has 0 aliphatic carbocycles. The number of hydrogen-bond acceptors (Lipinski definition) is 5. The van der Waals surface area contributed by atoms with Crippen molar-refractivity contribution in [3.05, 3.63) is 88.9 Å². The molecule has 8 heteroatoms. The van der Waals surface area contributed by atoms with Gasteiger partial charge >= 0.3 is 0 Å². The molecule has 0 unspecified atom stereocenters. The summed E-state index contributed by atoms with van der Waals surface area (Å²) in [6.45, 7) is 4.17. The van der Waals surface area contributed by atoms with Gasteiger partial charge in [-0.3, -0.25) is 9.69 Å². The molecule has 2 heterocycles. The van der Waals surface area contributed by atoms with E-state index in [1.807, 2.05) is 60.7 Å². The van der Waals surface area contributed by atoms with Crippen molar-refractivity contribution >= 4 is 45.5 Å². The summed E-state index contributed by atoms with van der Waals surface area (Å²) in [7, 11) is 3.91. The number of amides is 1. The van der Waals surface area contributed by atoms with Crippen molar-refractivity contribution in [2.24, 2.45) is 4.99 Å². The number of aromatic nitrogens is 1. The minimum absolute atomic E-state index is 0.0331. The van der Waals surface area contributed by atoms with Gasteiger partial charge in [0.05, 0.1) is 29.0 Å². The fourth-order valence-corrected chi connectivity index (χ4v) is 4.76. The van der Waals surface area contributed by atoms with Crippen molar-refractivity contribution < 1.29 is 9.90 Å². The number of carbonyl (C=O) groups excluding carboxylic acids is 1. The Morgan fingerprint density at radius 3 is 2.43 bits per heavy atom. The number of piperazine rings is 1. The second-order valence-electron chi connectivity index (χ2n) is 9.41. The van der Waals surface area contributed by atoms with Gasteiger partial charge in [0.15, 0.2) is 5.88 Å². The molecule has 1 aliphatic heterocycles. The van der Waals surface area contributed by atoms with Gasteiger partial charge in [0.25, 0.3) is 0 Å². The number of nitrogens with one attached hydrogen (secondary N) is 1. The molecule has 0 saturated carbocycles. The van der Waals surface area contributed by atoms with Crippen molar-refractivity contribution in [1.82, 2.24) is 14.8 Å². The minimum atomic E-state index is 0.0331. The summed E-state index contributed by atoms with van der Waals surface area (Å²) >= 11 is 6.17. The predicted octanol–water partition coefficient (Wildman–Crippen LogP) is 4.91. The van der Waals surface area contributed by atoms with Crippen LogP contribution in [0.15, 0.2) is 77.8 Å². The SMILES string of the molecule is CN1CCN(CC(=O)N(C)c2ccc(N=C(c3ccccc3)c3c(O)[nH]c4cc(Cl)ccc34)cc2)CC1. The standard InChI is InChI=1S/C29H30ClN5O2/c1-33-14-16-35(17-15-33)19-26(36)34(2)23-11-9-22(10-12-23)31-28(20-6-4-3-5-7-20)27-24-13-8-21(30)18-25(24)32-29(27)37/h3-13,18,32,37H,14-17,19H2,1-2H3. The third-order valence-electron chi connectivity index (χ3n) is 6.83. The lowest BCUT2D eigenvalue weighted by Crippen LogP contribution is -2.48. The van der Waals surface area contributed by atoms with Crippen LogP contribution in [0.25, 0.3) is 10.9 Å². The van der Waals surface area contributed by atoms with Crippen molar-refractivity contribution in [2.45, 2.75) is 0 Å². The van der Waals surface area contributed by atoms with Gasteiger partial charge in [-0.15, -0.1) is 0 Å². The van der Waals surface area contributed by atoms with Crippen LogP contribution in [0.2, 0.25) is 5.02 Å². The van der Waals surface area contributed by atoms with Crippen LogP contribution < -0.4 is 4.90 Å². The van der Waals surface area contributed by atoms with Gasteiger partial charge < -0.3 is 19.9 Å². The van der Waals surface area contributed by atoms with Crippen molar-refractivity contribution in [2.75, 3.05) is 51.7 Å². The molecule has 4 aromatic rings. The van der Waals surface area contributed by atoms with Gasteiger partial charge in [-0.05, 0) is 43.4 Å². The molecule has 37 heavy (non-hydrogen) atoms. The summed E-state index contributed by atoms with van der Waals surface area (Å²) in [5, 5.41) is 12.2. The molecular weight excluding hydrogens is 486 g/mol. The number of carbonyl (C=O) groups is 1. The number of nitrogens with zero attached hydrogens (tertiary/aromatic N) is 4. The van der Waals surface area contributed by atoms with E-state index >= 15 is 0 Å². The number of fused-ring (bicyclic) bond motifs is 1. The third kappa shape index (κ3) is 5.54. The Bertz CT molecular complexity index is 1420. The Labute approximate surface area is 221 Å². The molecule has 190 valence electrons. The highest BCUT2D eigenvalue weighted by Gasteiger charge is 2.21. The second-order valence-corrected chi connectivity index (χ2v) is 9.85.